The van der Waals surface area contributed by atoms with Crippen molar-refractivity contribution in [1.82, 2.24) is 25.0 Å². The molecule has 0 unspecified atom stereocenters. The molecule has 0 amide bonds. The number of thiazole rings is 1. The third kappa shape index (κ3) is 6.04. The number of hydrogen-bond acceptors (Lipinski definition) is 9. The van der Waals surface area contributed by atoms with E-state index in [1.54, 1.807) is 33.5 Å². The zero-order valence-electron chi connectivity index (χ0n) is 18.4. The maximum absolute atomic E-state index is 11.8. The summed E-state index contributed by atoms with van der Waals surface area (Å²) in [5.41, 5.74) is 1.28. The first-order valence-corrected chi connectivity index (χ1v) is 11.4. The molecule has 9 nitrogen and oxygen atoms in total. The summed E-state index contributed by atoms with van der Waals surface area (Å²) >= 11 is 1.65. The van der Waals surface area contributed by atoms with Gasteiger partial charge in [-0.15, -0.1) is 21.5 Å². The van der Waals surface area contributed by atoms with Crippen molar-refractivity contribution in [2.45, 2.75) is 51.7 Å². The summed E-state index contributed by atoms with van der Waals surface area (Å²) < 4.78 is 12.8. The van der Waals surface area contributed by atoms with Gasteiger partial charge in [-0.25, -0.2) is 14.5 Å². The molecule has 0 atom stereocenters. The Bertz CT molecular complexity index is 1010. The average Bonchev–Trinajstić information content (AvgIpc) is 3.44. The van der Waals surface area contributed by atoms with Gasteiger partial charge in [-0.3, -0.25) is 0 Å². The molecule has 0 saturated carbocycles. The van der Waals surface area contributed by atoms with E-state index in [0.29, 0.717) is 25.6 Å². The summed E-state index contributed by atoms with van der Waals surface area (Å²) in [5, 5.41) is 12.6. The maximum atomic E-state index is 11.8. The summed E-state index contributed by atoms with van der Waals surface area (Å²) in [6.45, 7) is 7.19. The van der Waals surface area contributed by atoms with Crippen molar-refractivity contribution in [2.24, 2.45) is 0 Å². The quantitative estimate of drug-likeness (QED) is 0.505. The first kappa shape index (κ1) is 22.2. The van der Waals surface area contributed by atoms with Gasteiger partial charge < -0.3 is 14.3 Å². The van der Waals surface area contributed by atoms with Crippen molar-refractivity contribution in [3.8, 4) is 11.4 Å². The Balaban J connectivity index is 1.23. The standard InChI is InChI=1S/C22H27N5O4S/c1-22(2,3)30-21(28)31-26-11-8-16(9-12-26)20-24-17(15-32-20)14-29-19-6-4-18(5-7-19)27-13-10-23-25-27/h4-7,10,13,15-16H,8-9,11-12,14H2,1-3H3. The van der Waals surface area contributed by atoms with Crippen molar-refractivity contribution in [2.75, 3.05) is 13.1 Å². The molecule has 3 aromatic rings. The highest BCUT2D eigenvalue weighted by atomic mass is 32.1. The molecule has 1 aromatic carbocycles. The van der Waals surface area contributed by atoms with Crippen LogP contribution in [0, 0.1) is 0 Å². The van der Waals surface area contributed by atoms with Gasteiger partial charge in [-0.1, -0.05) is 5.21 Å². The number of nitrogens with zero attached hydrogens (tertiary/aromatic N) is 5. The van der Waals surface area contributed by atoms with Gasteiger partial charge in [0.05, 0.1) is 28.8 Å². The third-order valence-corrected chi connectivity index (χ3v) is 5.93. The minimum atomic E-state index is -0.654. The van der Waals surface area contributed by atoms with E-state index in [0.717, 1.165) is 35.0 Å². The molecule has 1 saturated heterocycles. The summed E-state index contributed by atoms with van der Waals surface area (Å²) in [7, 11) is 0. The fraction of sp³-hybridized carbons (Fsp3) is 0.455. The van der Waals surface area contributed by atoms with Gasteiger partial charge in [0.2, 0.25) is 0 Å². The predicted molar refractivity (Wildman–Crippen MR) is 119 cm³/mol. The molecule has 0 spiro atoms. The molecule has 10 heteroatoms. The van der Waals surface area contributed by atoms with Crippen LogP contribution in [-0.2, 0) is 16.2 Å². The molecule has 4 rings (SSSR count). The van der Waals surface area contributed by atoms with Gasteiger partial charge in [0.1, 0.15) is 18.0 Å². The van der Waals surface area contributed by atoms with Crippen LogP contribution in [0.15, 0.2) is 42.0 Å². The van der Waals surface area contributed by atoms with E-state index in [1.165, 1.54) is 0 Å². The number of aromatic nitrogens is 4. The molecular formula is C22H27N5O4S. The highest BCUT2D eigenvalue weighted by molar-refractivity contribution is 7.09. The Hall–Kier alpha value is -2.98. The minimum absolute atomic E-state index is 0.356. The van der Waals surface area contributed by atoms with Gasteiger partial charge >= 0.3 is 6.16 Å². The lowest BCUT2D eigenvalue weighted by Crippen LogP contribution is -2.37. The Kier molecular flexibility index (Phi) is 6.71. The number of carbonyl (C=O) groups excluding carboxylic acids is 1. The second-order valence-electron chi connectivity index (χ2n) is 8.57. The number of carbonyl (C=O) groups is 1. The van der Waals surface area contributed by atoms with Crippen LogP contribution >= 0.6 is 11.3 Å². The van der Waals surface area contributed by atoms with Gasteiger partial charge in [0, 0.05) is 24.4 Å². The van der Waals surface area contributed by atoms with Crippen LogP contribution < -0.4 is 4.74 Å². The Morgan fingerprint density at radius 1 is 1.19 bits per heavy atom. The number of piperidine rings is 1. The van der Waals surface area contributed by atoms with Crippen molar-refractivity contribution in [3.63, 3.8) is 0 Å². The molecule has 3 heterocycles. The van der Waals surface area contributed by atoms with Crippen LogP contribution in [-0.4, -0.2) is 49.9 Å². The highest BCUT2D eigenvalue weighted by Crippen LogP contribution is 2.31. The Morgan fingerprint density at radius 3 is 2.59 bits per heavy atom. The van der Waals surface area contributed by atoms with Crippen LogP contribution in [0.1, 0.15) is 50.2 Å². The lowest BCUT2D eigenvalue weighted by Gasteiger charge is -2.30. The van der Waals surface area contributed by atoms with Crippen molar-refractivity contribution < 1.29 is 19.1 Å². The Morgan fingerprint density at radius 2 is 1.94 bits per heavy atom. The molecule has 32 heavy (non-hydrogen) atoms. The van der Waals surface area contributed by atoms with Gasteiger partial charge in [-0.2, -0.15) is 0 Å². The van der Waals surface area contributed by atoms with E-state index < -0.39 is 11.8 Å². The van der Waals surface area contributed by atoms with Gasteiger partial charge in [-0.05, 0) is 57.9 Å². The van der Waals surface area contributed by atoms with Gasteiger partial charge in [0.15, 0.2) is 0 Å². The first-order valence-electron chi connectivity index (χ1n) is 10.6. The van der Waals surface area contributed by atoms with Crippen LogP contribution in [0.4, 0.5) is 4.79 Å². The fourth-order valence-electron chi connectivity index (χ4n) is 3.34. The number of hydrogen-bond donors (Lipinski definition) is 0. The number of rotatable bonds is 6. The third-order valence-electron chi connectivity index (χ3n) is 4.88. The lowest BCUT2D eigenvalue weighted by atomic mass is 9.99. The van der Waals surface area contributed by atoms with Crippen LogP contribution in [0.25, 0.3) is 5.69 Å². The number of hydroxylamine groups is 2. The second kappa shape index (κ2) is 9.66. The molecule has 2 aromatic heterocycles. The average molecular weight is 458 g/mol. The molecular weight excluding hydrogens is 430 g/mol. The predicted octanol–water partition coefficient (Wildman–Crippen LogP) is 4.35. The van der Waals surface area contributed by atoms with Crippen molar-refractivity contribution in [1.29, 1.82) is 0 Å². The fourth-order valence-corrected chi connectivity index (χ4v) is 4.32. The van der Waals surface area contributed by atoms with E-state index in [1.807, 2.05) is 50.4 Å². The normalized spacial score (nSPS) is 15.5. The maximum Gasteiger partial charge on any atom is 0.528 e. The molecule has 1 aliphatic heterocycles. The van der Waals surface area contributed by atoms with Crippen LogP contribution in [0.2, 0.25) is 0 Å². The minimum Gasteiger partial charge on any atom is -0.487 e. The topological polar surface area (TPSA) is 91.6 Å². The zero-order chi connectivity index (χ0) is 22.6. The molecule has 0 aliphatic carbocycles. The van der Waals surface area contributed by atoms with E-state index in [-0.39, 0.29) is 0 Å². The summed E-state index contributed by atoms with van der Waals surface area (Å²) in [6.07, 6.45) is 4.53. The monoisotopic (exact) mass is 457 g/mol. The van der Waals surface area contributed by atoms with E-state index in [9.17, 15) is 4.79 Å². The van der Waals surface area contributed by atoms with Crippen LogP contribution in [0.3, 0.4) is 0 Å². The highest BCUT2D eigenvalue weighted by Gasteiger charge is 2.27. The van der Waals surface area contributed by atoms with E-state index in [4.69, 9.17) is 19.3 Å². The smallest absolute Gasteiger partial charge is 0.487 e. The largest absolute Gasteiger partial charge is 0.528 e. The number of benzene rings is 1. The summed E-state index contributed by atoms with van der Waals surface area (Å²) in [6, 6.07) is 7.68. The second-order valence-corrected chi connectivity index (χ2v) is 9.46. The Labute approximate surface area is 190 Å². The zero-order valence-corrected chi connectivity index (χ0v) is 19.2. The molecule has 0 bridgehead atoms. The number of ether oxygens (including phenoxy) is 2. The molecule has 0 radical (unpaired) electrons. The first-order chi connectivity index (χ1) is 15.4. The molecule has 1 fully saturated rings. The molecule has 1 aliphatic rings. The summed E-state index contributed by atoms with van der Waals surface area (Å²) in [4.78, 5) is 21.9. The lowest BCUT2D eigenvalue weighted by molar-refractivity contribution is -0.152. The van der Waals surface area contributed by atoms with Crippen LogP contribution in [0.5, 0.6) is 5.75 Å². The van der Waals surface area contributed by atoms with Crippen molar-refractivity contribution >= 4 is 17.5 Å². The van der Waals surface area contributed by atoms with E-state index in [2.05, 4.69) is 10.3 Å². The van der Waals surface area contributed by atoms with Gasteiger partial charge in [0.25, 0.3) is 0 Å². The van der Waals surface area contributed by atoms with E-state index >= 15 is 0 Å². The summed E-state index contributed by atoms with van der Waals surface area (Å²) in [5.74, 6) is 1.13. The van der Waals surface area contributed by atoms with Crippen molar-refractivity contribution in [3.05, 3.63) is 52.7 Å². The molecule has 170 valence electrons. The SMILES string of the molecule is CC(C)(C)OC(=O)ON1CCC(c2nc(COc3ccc(-n4ccnn4)cc3)cs2)CC1. The molecule has 0 N–H and O–H groups in total.